The molecule has 0 saturated heterocycles. The smallest absolute Gasteiger partial charge is 0.0647 e. The molecule has 0 aliphatic carbocycles. The van der Waals surface area contributed by atoms with Crippen molar-refractivity contribution >= 4 is 5.69 Å². The van der Waals surface area contributed by atoms with Gasteiger partial charge in [-0.15, -0.1) is 0 Å². The number of rotatable bonds is 4. The van der Waals surface area contributed by atoms with Gasteiger partial charge in [0.25, 0.3) is 0 Å². The van der Waals surface area contributed by atoms with Gasteiger partial charge in [-0.3, -0.25) is 4.98 Å². The van der Waals surface area contributed by atoms with E-state index in [9.17, 15) is 0 Å². The SMILES string of the molecule is Nc1ccc(-n2ccc(CCc3cccnc3)n2)cc1. The monoisotopic (exact) mass is 264 g/mol. The molecule has 2 aromatic heterocycles. The average molecular weight is 264 g/mol. The van der Waals surface area contributed by atoms with Crippen molar-refractivity contribution in [1.82, 2.24) is 14.8 Å². The fourth-order valence-electron chi connectivity index (χ4n) is 2.08. The van der Waals surface area contributed by atoms with Crippen molar-refractivity contribution in [3.8, 4) is 5.69 Å². The summed E-state index contributed by atoms with van der Waals surface area (Å²) in [6.07, 6.45) is 7.53. The van der Waals surface area contributed by atoms with Gasteiger partial charge in [0, 0.05) is 24.3 Å². The third kappa shape index (κ3) is 2.85. The van der Waals surface area contributed by atoms with Crippen molar-refractivity contribution in [3.05, 3.63) is 72.3 Å². The van der Waals surface area contributed by atoms with Crippen LogP contribution in [0.25, 0.3) is 5.69 Å². The van der Waals surface area contributed by atoms with E-state index in [1.807, 2.05) is 53.5 Å². The predicted octanol–water partition coefficient (Wildman–Crippen LogP) is 2.63. The van der Waals surface area contributed by atoms with Crippen molar-refractivity contribution in [2.75, 3.05) is 5.73 Å². The first-order valence-corrected chi connectivity index (χ1v) is 6.60. The molecule has 20 heavy (non-hydrogen) atoms. The number of pyridine rings is 1. The predicted molar refractivity (Wildman–Crippen MR) is 79.6 cm³/mol. The zero-order valence-corrected chi connectivity index (χ0v) is 11.1. The van der Waals surface area contributed by atoms with Crippen molar-refractivity contribution in [2.45, 2.75) is 12.8 Å². The van der Waals surface area contributed by atoms with Crippen molar-refractivity contribution in [1.29, 1.82) is 0 Å². The normalized spacial score (nSPS) is 10.6. The molecule has 0 aliphatic heterocycles. The summed E-state index contributed by atoms with van der Waals surface area (Å²) >= 11 is 0. The van der Waals surface area contributed by atoms with E-state index in [0.717, 1.165) is 29.9 Å². The van der Waals surface area contributed by atoms with Crippen LogP contribution in [-0.2, 0) is 12.8 Å². The van der Waals surface area contributed by atoms with Crippen LogP contribution in [0.5, 0.6) is 0 Å². The maximum absolute atomic E-state index is 5.69. The van der Waals surface area contributed by atoms with Gasteiger partial charge >= 0.3 is 0 Å². The summed E-state index contributed by atoms with van der Waals surface area (Å²) in [5.41, 5.74) is 9.77. The lowest BCUT2D eigenvalue weighted by Crippen LogP contribution is -1.98. The molecule has 0 amide bonds. The van der Waals surface area contributed by atoms with Gasteiger partial charge in [0.05, 0.1) is 11.4 Å². The van der Waals surface area contributed by atoms with Crippen LogP contribution in [0, 0.1) is 0 Å². The first-order chi connectivity index (χ1) is 9.81. The molecule has 4 nitrogen and oxygen atoms in total. The van der Waals surface area contributed by atoms with Crippen molar-refractivity contribution < 1.29 is 0 Å². The molecule has 0 spiro atoms. The molecule has 1 aromatic carbocycles. The van der Waals surface area contributed by atoms with E-state index in [0.29, 0.717) is 0 Å². The zero-order chi connectivity index (χ0) is 13.8. The quantitative estimate of drug-likeness (QED) is 0.737. The molecule has 2 N–H and O–H groups in total. The lowest BCUT2D eigenvalue weighted by Gasteiger charge is -2.02. The van der Waals surface area contributed by atoms with E-state index >= 15 is 0 Å². The van der Waals surface area contributed by atoms with Crippen molar-refractivity contribution in [2.24, 2.45) is 0 Å². The summed E-state index contributed by atoms with van der Waals surface area (Å²) in [7, 11) is 0. The number of benzene rings is 1. The van der Waals surface area contributed by atoms with E-state index in [-0.39, 0.29) is 0 Å². The maximum atomic E-state index is 5.69. The number of nitrogens with two attached hydrogens (primary N) is 1. The Kier molecular flexibility index (Phi) is 3.46. The highest BCUT2D eigenvalue weighted by Gasteiger charge is 2.02. The van der Waals surface area contributed by atoms with Gasteiger partial charge in [0.1, 0.15) is 0 Å². The topological polar surface area (TPSA) is 56.7 Å². The first-order valence-electron chi connectivity index (χ1n) is 6.60. The minimum absolute atomic E-state index is 0.762. The first kappa shape index (κ1) is 12.4. The van der Waals surface area contributed by atoms with Crippen LogP contribution in [0.1, 0.15) is 11.3 Å². The Hall–Kier alpha value is -2.62. The second-order valence-corrected chi connectivity index (χ2v) is 4.70. The summed E-state index contributed by atoms with van der Waals surface area (Å²) in [5, 5.41) is 4.58. The molecule has 0 saturated carbocycles. The maximum Gasteiger partial charge on any atom is 0.0647 e. The summed E-state index contributed by atoms with van der Waals surface area (Å²) in [6.45, 7) is 0. The van der Waals surface area contributed by atoms with E-state index in [1.165, 1.54) is 5.56 Å². The molecule has 0 radical (unpaired) electrons. The molecule has 0 bridgehead atoms. The molecule has 0 fully saturated rings. The number of aryl methyl sites for hydroxylation is 2. The Labute approximate surface area is 117 Å². The molecular weight excluding hydrogens is 248 g/mol. The molecule has 100 valence electrons. The highest BCUT2D eigenvalue weighted by molar-refractivity contribution is 5.44. The van der Waals surface area contributed by atoms with E-state index in [2.05, 4.69) is 16.1 Å². The van der Waals surface area contributed by atoms with Gasteiger partial charge in [-0.1, -0.05) is 6.07 Å². The second-order valence-electron chi connectivity index (χ2n) is 4.70. The molecule has 0 unspecified atom stereocenters. The second kappa shape index (κ2) is 5.57. The number of nitrogens with zero attached hydrogens (tertiary/aromatic N) is 3. The zero-order valence-electron chi connectivity index (χ0n) is 11.1. The Morgan fingerprint density at radius 3 is 2.60 bits per heavy atom. The average Bonchev–Trinajstić information content (AvgIpc) is 2.96. The highest BCUT2D eigenvalue weighted by Crippen LogP contribution is 2.11. The Morgan fingerprint density at radius 1 is 1.00 bits per heavy atom. The van der Waals surface area contributed by atoms with E-state index < -0.39 is 0 Å². The third-order valence-corrected chi connectivity index (χ3v) is 3.19. The molecule has 0 aliphatic rings. The number of nitrogen functional groups attached to an aromatic ring is 1. The van der Waals surface area contributed by atoms with Crippen LogP contribution in [-0.4, -0.2) is 14.8 Å². The Morgan fingerprint density at radius 2 is 1.85 bits per heavy atom. The van der Waals surface area contributed by atoms with Gasteiger partial charge in [-0.25, -0.2) is 4.68 Å². The minimum Gasteiger partial charge on any atom is -0.399 e. The lowest BCUT2D eigenvalue weighted by molar-refractivity contribution is 0.816. The lowest BCUT2D eigenvalue weighted by atomic mass is 10.1. The Balaban J connectivity index is 1.69. The van der Waals surface area contributed by atoms with Gasteiger partial charge < -0.3 is 5.73 Å². The summed E-state index contributed by atoms with van der Waals surface area (Å²) in [5.74, 6) is 0. The van der Waals surface area contributed by atoms with Crippen molar-refractivity contribution in [3.63, 3.8) is 0 Å². The molecule has 3 rings (SSSR count). The number of aromatic nitrogens is 3. The van der Waals surface area contributed by atoms with Gasteiger partial charge in [-0.2, -0.15) is 5.10 Å². The third-order valence-electron chi connectivity index (χ3n) is 3.19. The number of hydrogen-bond acceptors (Lipinski definition) is 3. The molecule has 0 atom stereocenters. The van der Waals surface area contributed by atoms with Crippen LogP contribution in [0.4, 0.5) is 5.69 Å². The number of anilines is 1. The van der Waals surface area contributed by atoms with Crippen LogP contribution in [0.2, 0.25) is 0 Å². The fourth-order valence-corrected chi connectivity index (χ4v) is 2.08. The van der Waals surface area contributed by atoms with Gasteiger partial charge in [-0.05, 0) is 54.8 Å². The largest absolute Gasteiger partial charge is 0.399 e. The van der Waals surface area contributed by atoms with Gasteiger partial charge in [0.15, 0.2) is 0 Å². The summed E-state index contributed by atoms with van der Waals surface area (Å²) in [6, 6.07) is 13.8. The van der Waals surface area contributed by atoms with Crippen LogP contribution in [0.3, 0.4) is 0 Å². The standard InChI is InChI=1S/C16H16N4/c17-14-4-7-16(8-5-14)20-11-9-15(19-20)6-3-13-2-1-10-18-12-13/h1-2,4-5,7-12H,3,6,17H2. The minimum atomic E-state index is 0.762. The summed E-state index contributed by atoms with van der Waals surface area (Å²) < 4.78 is 1.87. The van der Waals surface area contributed by atoms with E-state index in [1.54, 1.807) is 6.20 Å². The van der Waals surface area contributed by atoms with Crippen LogP contribution >= 0.6 is 0 Å². The Bertz CT molecular complexity index is 671. The fraction of sp³-hybridized carbons (Fsp3) is 0.125. The molecular formula is C16H16N4. The number of hydrogen-bond donors (Lipinski definition) is 1. The van der Waals surface area contributed by atoms with Gasteiger partial charge in [0.2, 0.25) is 0 Å². The molecule has 3 aromatic rings. The van der Waals surface area contributed by atoms with Crippen LogP contribution in [0.15, 0.2) is 61.1 Å². The van der Waals surface area contributed by atoms with Crippen LogP contribution < -0.4 is 5.73 Å². The highest BCUT2D eigenvalue weighted by atomic mass is 15.3. The van der Waals surface area contributed by atoms with E-state index in [4.69, 9.17) is 5.73 Å². The molecule has 2 heterocycles. The summed E-state index contributed by atoms with van der Waals surface area (Å²) in [4.78, 5) is 4.12. The molecule has 4 heteroatoms.